The summed E-state index contributed by atoms with van der Waals surface area (Å²) in [4.78, 5) is 2.54. The molecule has 1 saturated carbocycles. The fraction of sp³-hybridized carbons (Fsp3) is 1.00. The first kappa shape index (κ1) is 11.3. The minimum atomic E-state index is -0.595. The summed E-state index contributed by atoms with van der Waals surface area (Å²) in [6.07, 6.45) is 5.46. The molecule has 3 N–H and O–H groups in total. The van der Waals surface area contributed by atoms with Gasteiger partial charge < -0.3 is 15.7 Å². The summed E-state index contributed by atoms with van der Waals surface area (Å²) in [6, 6.07) is 0.830. The van der Waals surface area contributed by atoms with Crippen molar-refractivity contribution in [3.63, 3.8) is 0 Å². The molecule has 0 aromatic rings. The van der Waals surface area contributed by atoms with Gasteiger partial charge in [-0.3, -0.25) is 0 Å². The Balaban J connectivity index is 1.65. The second-order valence-electron chi connectivity index (χ2n) is 5.76. The zero-order valence-corrected chi connectivity index (χ0v) is 10.6. The third-order valence-electron chi connectivity index (χ3n) is 4.67. The first-order valence-electron chi connectivity index (χ1n) is 6.46. The van der Waals surface area contributed by atoms with E-state index in [0.29, 0.717) is 0 Å². The van der Waals surface area contributed by atoms with Crippen molar-refractivity contribution in [2.24, 2.45) is 5.73 Å². The highest BCUT2D eigenvalue weighted by atomic mass is 32.2. The van der Waals surface area contributed by atoms with Gasteiger partial charge in [-0.2, -0.15) is 11.8 Å². The van der Waals surface area contributed by atoms with Crippen LogP contribution >= 0.6 is 11.8 Å². The van der Waals surface area contributed by atoms with Crippen molar-refractivity contribution in [2.75, 3.05) is 24.6 Å². The Bertz CT molecular complexity index is 266. The van der Waals surface area contributed by atoms with E-state index in [1.54, 1.807) is 0 Å². The number of piperidine rings is 1. The van der Waals surface area contributed by atoms with Crippen LogP contribution in [0.15, 0.2) is 0 Å². The van der Waals surface area contributed by atoms with Crippen LogP contribution in [-0.2, 0) is 0 Å². The molecular formula is C12H22N2OS. The summed E-state index contributed by atoms with van der Waals surface area (Å²) < 4.78 is 0. The highest BCUT2D eigenvalue weighted by Gasteiger charge is 2.51. The Kier molecular flexibility index (Phi) is 2.74. The number of rotatable bonds is 2. The van der Waals surface area contributed by atoms with E-state index in [0.717, 1.165) is 49.9 Å². The largest absolute Gasteiger partial charge is 0.388 e. The zero-order chi connectivity index (χ0) is 11.2. The number of hydrogen-bond acceptors (Lipinski definition) is 4. The van der Waals surface area contributed by atoms with Gasteiger partial charge in [0.05, 0.1) is 11.1 Å². The van der Waals surface area contributed by atoms with Crippen LogP contribution in [-0.4, -0.2) is 51.8 Å². The van der Waals surface area contributed by atoms with Gasteiger partial charge in [-0.25, -0.2) is 0 Å². The van der Waals surface area contributed by atoms with Crippen LogP contribution in [0.3, 0.4) is 0 Å². The van der Waals surface area contributed by atoms with Crippen LogP contribution in [0.1, 0.15) is 32.1 Å². The lowest BCUT2D eigenvalue weighted by Crippen LogP contribution is -2.64. The van der Waals surface area contributed by atoms with Crippen LogP contribution in [0.2, 0.25) is 0 Å². The molecule has 0 aromatic heterocycles. The molecule has 0 amide bonds. The third kappa shape index (κ3) is 1.80. The molecule has 2 aliphatic heterocycles. The lowest BCUT2D eigenvalue weighted by molar-refractivity contribution is -0.0734. The van der Waals surface area contributed by atoms with E-state index in [9.17, 15) is 5.11 Å². The maximum atomic E-state index is 10.8. The van der Waals surface area contributed by atoms with Crippen molar-refractivity contribution in [3.05, 3.63) is 0 Å². The molecule has 0 bridgehead atoms. The van der Waals surface area contributed by atoms with Crippen molar-refractivity contribution in [2.45, 2.75) is 49.3 Å². The first-order chi connectivity index (χ1) is 7.63. The molecule has 0 aromatic carbocycles. The SMILES string of the molecule is NC1(C2(O)CCN(C3CC3)CC2)CCSC1. The number of likely N-dealkylation sites (tertiary alicyclic amines) is 1. The maximum absolute atomic E-state index is 10.8. The number of aliphatic hydroxyl groups is 1. The van der Waals surface area contributed by atoms with Gasteiger partial charge in [0.1, 0.15) is 0 Å². The van der Waals surface area contributed by atoms with Crippen LogP contribution < -0.4 is 5.73 Å². The molecule has 2 saturated heterocycles. The van der Waals surface area contributed by atoms with Crippen molar-refractivity contribution < 1.29 is 5.11 Å². The van der Waals surface area contributed by atoms with E-state index in [2.05, 4.69) is 4.90 Å². The highest BCUT2D eigenvalue weighted by Crippen LogP contribution is 2.42. The standard InChI is InChI=1S/C12H22N2OS/c13-11(5-8-16-9-11)12(15)3-6-14(7-4-12)10-1-2-10/h10,15H,1-9,13H2. The van der Waals surface area contributed by atoms with Gasteiger partial charge in [0.25, 0.3) is 0 Å². The van der Waals surface area contributed by atoms with Crippen molar-refractivity contribution >= 4 is 11.8 Å². The monoisotopic (exact) mass is 242 g/mol. The summed E-state index contributed by atoms with van der Waals surface area (Å²) in [5.74, 6) is 2.05. The fourth-order valence-corrected chi connectivity index (χ4v) is 4.57. The molecule has 92 valence electrons. The van der Waals surface area contributed by atoms with E-state index in [-0.39, 0.29) is 5.54 Å². The molecule has 0 radical (unpaired) electrons. The Morgan fingerprint density at radius 1 is 1.19 bits per heavy atom. The van der Waals surface area contributed by atoms with E-state index >= 15 is 0 Å². The van der Waals surface area contributed by atoms with Gasteiger partial charge in [0, 0.05) is 24.9 Å². The van der Waals surface area contributed by atoms with Crippen LogP contribution in [0.4, 0.5) is 0 Å². The maximum Gasteiger partial charge on any atom is 0.0859 e. The van der Waals surface area contributed by atoms with Gasteiger partial charge in [0.15, 0.2) is 0 Å². The Morgan fingerprint density at radius 3 is 2.38 bits per heavy atom. The smallest absolute Gasteiger partial charge is 0.0859 e. The van der Waals surface area contributed by atoms with E-state index < -0.39 is 5.60 Å². The first-order valence-corrected chi connectivity index (χ1v) is 7.62. The quantitative estimate of drug-likeness (QED) is 0.752. The normalized spacial score (nSPS) is 40.1. The summed E-state index contributed by atoms with van der Waals surface area (Å²) in [6.45, 7) is 2.09. The molecule has 4 heteroatoms. The second kappa shape index (κ2) is 3.87. The number of hydrogen-bond donors (Lipinski definition) is 2. The average molecular weight is 242 g/mol. The summed E-state index contributed by atoms with van der Waals surface area (Å²) in [5, 5.41) is 10.8. The van der Waals surface area contributed by atoms with Gasteiger partial charge in [-0.05, 0) is 37.9 Å². The van der Waals surface area contributed by atoms with Crippen LogP contribution in [0.25, 0.3) is 0 Å². The second-order valence-corrected chi connectivity index (χ2v) is 6.86. The van der Waals surface area contributed by atoms with Crippen LogP contribution in [0.5, 0.6) is 0 Å². The predicted octanol–water partition coefficient (Wildman–Crippen LogP) is 0.810. The van der Waals surface area contributed by atoms with Gasteiger partial charge >= 0.3 is 0 Å². The van der Waals surface area contributed by atoms with Crippen molar-refractivity contribution in [3.8, 4) is 0 Å². The van der Waals surface area contributed by atoms with Crippen LogP contribution in [0, 0.1) is 0 Å². The minimum Gasteiger partial charge on any atom is -0.388 e. The van der Waals surface area contributed by atoms with Gasteiger partial charge in [0.2, 0.25) is 0 Å². The number of nitrogens with zero attached hydrogens (tertiary/aromatic N) is 1. The topological polar surface area (TPSA) is 49.5 Å². The minimum absolute atomic E-state index is 0.312. The number of nitrogens with two attached hydrogens (primary N) is 1. The molecule has 3 fully saturated rings. The van der Waals surface area contributed by atoms with Gasteiger partial charge in [-0.15, -0.1) is 0 Å². The average Bonchev–Trinajstić information content (AvgIpc) is 3.02. The fourth-order valence-electron chi connectivity index (χ4n) is 3.14. The molecule has 2 heterocycles. The Hall–Kier alpha value is 0.230. The lowest BCUT2D eigenvalue weighted by atomic mass is 9.73. The molecule has 16 heavy (non-hydrogen) atoms. The molecule has 3 nitrogen and oxygen atoms in total. The van der Waals surface area contributed by atoms with Crippen molar-refractivity contribution in [1.82, 2.24) is 4.90 Å². The predicted molar refractivity (Wildman–Crippen MR) is 67.6 cm³/mol. The van der Waals surface area contributed by atoms with Crippen molar-refractivity contribution in [1.29, 1.82) is 0 Å². The summed E-state index contributed by atoms with van der Waals surface area (Å²) in [7, 11) is 0. The van der Waals surface area contributed by atoms with E-state index in [1.165, 1.54) is 12.8 Å². The van der Waals surface area contributed by atoms with Gasteiger partial charge in [-0.1, -0.05) is 0 Å². The molecule has 1 unspecified atom stereocenters. The number of thioether (sulfide) groups is 1. The molecular weight excluding hydrogens is 220 g/mol. The summed E-state index contributed by atoms with van der Waals surface area (Å²) >= 11 is 1.89. The zero-order valence-electron chi connectivity index (χ0n) is 9.82. The third-order valence-corrected chi connectivity index (χ3v) is 5.88. The molecule has 1 aliphatic carbocycles. The summed E-state index contributed by atoms with van der Waals surface area (Å²) in [5.41, 5.74) is 5.51. The Morgan fingerprint density at radius 2 is 1.88 bits per heavy atom. The van der Waals surface area contributed by atoms with E-state index in [1.807, 2.05) is 11.8 Å². The molecule has 3 aliphatic rings. The molecule has 1 atom stereocenters. The lowest BCUT2D eigenvalue weighted by Gasteiger charge is -2.47. The highest BCUT2D eigenvalue weighted by molar-refractivity contribution is 7.99. The Labute approximate surface area is 102 Å². The van der Waals surface area contributed by atoms with E-state index in [4.69, 9.17) is 5.73 Å². The molecule has 0 spiro atoms. The molecule has 3 rings (SSSR count).